The fourth-order valence-electron chi connectivity index (χ4n) is 7.65. The van der Waals surface area contributed by atoms with Crippen LogP contribution in [0.5, 0.6) is 0 Å². The van der Waals surface area contributed by atoms with E-state index in [1.54, 1.807) is 0 Å². The maximum Gasteiger partial charge on any atom is 0.0552 e. The van der Waals surface area contributed by atoms with Crippen LogP contribution in [0, 0.1) is 5.92 Å². The van der Waals surface area contributed by atoms with Gasteiger partial charge in [0.2, 0.25) is 0 Å². The SMILES string of the molecule is C1=CC2C=Cc3c(c4c5sc6ccccc6c5ccc4n3-c3ccc4c5c(cccc35)-c3ccccc3-4)C2C=C1. The van der Waals surface area contributed by atoms with Gasteiger partial charge in [-0.1, -0.05) is 103 Å². The first-order valence-corrected chi connectivity index (χ1v) is 14.9. The highest BCUT2D eigenvalue weighted by Gasteiger charge is 2.32. The number of allylic oxidation sites excluding steroid dienone is 5. The minimum atomic E-state index is 0.339. The van der Waals surface area contributed by atoms with Crippen LogP contribution in [0.15, 0.2) is 121 Å². The van der Waals surface area contributed by atoms with Crippen LogP contribution in [0.25, 0.3) is 75.9 Å². The molecule has 0 N–H and O–H groups in total. The van der Waals surface area contributed by atoms with E-state index in [2.05, 4.69) is 132 Å². The fraction of sp³-hybridized carbons (Fsp3) is 0.0526. The molecular weight excluding hydrogens is 502 g/mol. The number of thiophene rings is 1. The molecule has 2 heterocycles. The number of nitrogens with zero attached hydrogens (tertiary/aromatic N) is 1. The second-order valence-electron chi connectivity index (χ2n) is 11.2. The van der Waals surface area contributed by atoms with Crippen LogP contribution in [0.4, 0.5) is 0 Å². The van der Waals surface area contributed by atoms with Crippen molar-refractivity contribution in [1.29, 1.82) is 0 Å². The molecule has 186 valence electrons. The van der Waals surface area contributed by atoms with E-state index in [1.807, 2.05) is 11.3 Å². The summed E-state index contributed by atoms with van der Waals surface area (Å²) in [6.45, 7) is 0. The van der Waals surface area contributed by atoms with Crippen molar-refractivity contribution < 1.29 is 0 Å². The van der Waals surface area contributed by atoms with Gasteiger partial charge in [-0.05, 0) is 57.5 Å². The highest BCUT2D eigenvalue weighted by atomic mass is 32.1. The molecular formula is C38H23NS. The lowest BCUT2D eigenvalue weighted by atomic mass is 9.78. The Labute approximate surface area is 235 Å². The molecule has 5 aromatic carbocycles. The average molecular weight is 526 g/mol. The molecule has 2 unspecified atom stereocenters. The van der Waals surface area contributed by atoms with Gasteiger partial charge in [-0.3, -0.25) is 0 Å². The molecule has 0 spiro atoms. The standard InChI is InChI=1S/C38H23NS/c1-2-9-23-22(8-1)16-19-32-36(23)37-33(21-18-29-26-12-5-6-15-34(26)40-38(29)37)39(32)31-20-17-28-25-11-4-3-10-24(25)27-13-7-14-30(31)35(27)28/h1-23H. The lowest BCUT2D eigenvalue weighted by molar-refractivity contribution is 0.694. The summed E-state index contributed by atoms with van der Waals surface area (Å²) in [6.07, 6.45) is 14.0. The van der Waals surface area contributed by atoms with Gasteiger partial charge in [0.1, 0.15) is 0 Å². The largest absolute Gasteiger partial charge is 0.309 e. The zero-order valence-corrected chi connectivity index (χ0v) is 22.5. The molecule has 0 saturated heterocycles. The van der Waals surface area contributed by atoms with Gasteiger partial charge in [-0.2, -0.15) is 0 Å². The summed E-state index contributed by atoms with van der Waals surface area (Å²) in [7, 11) is 0. The molecule has 0 aliphatic heterocycles. The van der Waals surface area contributed by atoms with E-state index in [-0.39, 0.29) is 0 Å². The van der Waals surface area contributed by atoms with Crippen LogP contribution in [0.1, 0.15) is 17.2 Å². The molecule has 0 fully saturated rings. The van der Waals surface area contributed by atoms with Gasteiger partial charge in [0.05, 0.1) is 16.9 Å². The van der Waals surface area contributed by atoms with Gasteiger partial charge in [-0.25, -0.2) is 0 Å². The third-order valence-corrected chi connectivity index (χ3v) is 10.5. The smallest absolute Gasteiger partial charge is 0.0552 e. The van der Waals surface area contributed by atoms with E-state index in [0.29, 0.717) is 11.8 Å². The number of rotatable bonds is 1. The molecule has 0 bridgehead atoms. The maximum absolute atomic E-state index is 2.55. The lowest BCUT2D eigenvalue weighted by Gasteiger charge is -2.26. The van der Waals surface area contributed by atoms with Crippen molar-refractivity contribution in [3.8, 4) is 27.9 Å². The van der Waals surface area contributed by atoms with E-state index >= 15 is 0 Å². The Morgan fingerprint density at radius 1 is 0.575 bits per heavy atom. The molecule has 2 aromatic heterocycles. The lowest BCUT2D eigenvalue weighted by Crippen LogP contribution is -2.14. The van der Waals surface area contributed by atoms with E-state index in [0.717, 1.165) is 0 Å². The summed E-state index contributed by atoms with van der Waals surface area (Å²) < 4.78 is 5.32. The summed E-state index contributed by atoms with van der Waals surface area (Å²) >= 11 is 1.94. The Balaban J connectivity index is 1.37. The monoisotopic (exact) mass is 525 g/mol. The molecule has 40 heavy (non-hydrogen) atoms. The molecule has 1 nitrogen and oxygen atoms in total. The molecule has 7 aromatic rings. The molecule has 0 amide bonds. The van der Waals surface area contributed by atoms with Crippen molar-refractivity contribution in [2.24, 2.45) is 5.92 Å². The summed E-state index contributed by atoms with van der Waals surface area (Å²) in [6, 6.07) is 34.0. The van der Waals surface area contributed by atoms with Crippen molar-refractivity contribution in [1.82, 2.24) is 4.57 Å². The van der Waals surface area contributed by atoms with Crippen LogP contribution >= 0.6 is 11.3 Å². The Morgan fingerprint density at radius 3 is 2.27 bits per heavy atom. The summed E-state index contributed by atoms with van der Waals surface area (Å²) in [5.41, 5.74) is 10.7. The van der Waals surface area contributed by atoms with Crippen molar-refractivity contribution in [2.75, 3.05) is 0 Å². The first-order valence-electron chi connectivity index (χ1n) is 14.0. The minimum Gasteiger partial charge on any atom is -0.309 e. The van der Waals surface area contributed by atoms with Crippen LogP contribution < -0.4 is 0 Å². The topological polar surface area (TPSA) is 4.93 Å². The zero-order chi connectivity index (χ0) is 25.9. The second-order valence-corrected chi connectivity index (χ2v) is 12.3. The highest BCUT2D eigenvalue weighted by molar-refractivity contribution is 7.26. The van der Waals surface area contributed by atoms with Gasteiger partial charge in [0.15, 0.2) is 0 Å². The van der Waals surface area contributed by atoms with Crippen LogP contribution in [-0.4, -0.2) is 4.57 Å². The van der Waals surface area contributed by atoms with Gasteiger partial charge in [0.25, 0.3) is 0 Å². The number of aromatic nitrogens is 1. The van der Waals surface area contributed by atoms with Gasteiger partial charge in [-0.15, -0.1) is 11.3 Å². The molecule has 2 heteroatoms. The molecule has 3 aliphatic rings. The van der Waals surface area contributed by atoms with Gasteiger partial charge < -0.3 is 4.57 Å². The minimum absolute atomic E-state index is 0.339. The Kier molecular flexibility index (Phi) is 3.97. The third-order valence-electron chi connectivity index (χ3n) is 9.31. The highest BCUT2D eigenvalue weighted by Crippen LogP contribution is 2.52. The van der Waals surface area contributed by atoms with Gasteiger partial charge >= 0.3 is 0 Å². The average Bonchev–Trinajstić information content (AvgIpc) is 3.66. The quantitative estimate of drug-likeness (QED) is 0.201. The maximum atomic E-state index is 2.55. The van der Waals surface area contributed by atoms with Crippen LogP contribution in [0.3, 0.4) is 0 Å². The predicted octanol–water partition coefficient (Wildman–Crippen LogP) is 10.7. The number of fused-ring (bicyclic) bond motifs is 12. The summed E-state index contributed by atoms with van der Waals surface area (Å²) in [4.78, 5) is 0. The summed E-state index contributed by atoms with van der Waals surface area (Å²) in [5.74, 6) is 0.731. The van der Waals surface area contributed by atoms with E-state index in [1.165, 1.54) is 81.0 Å². The molecule has 3 aliphatic carbocycles. The van der Waals surface area contributed by atoms with E-state index in [9.17, 15) is 0 Å². The molecule has 10 rings (SSSR count). The van der Waals surface area contributed by atoms with E-state index < -0.39 is 0 Å². The third kappa shape index (κ3) is 2.53. The predicted molar refractivity (Wildman–Crippen MR) is 172 cm³/mol. The van der Waals surface area contributed by atoms with Crippen LogP contribution in [0.2, 0.25) is 0 Å². The summed E-state index contributed by atoms with van der Waals surface area (Å²) in [5, 5.41) is 6.83. The Bertz CT molecular complexity index is 2310. The van der Waals surface area contributed by atoms with Crippen molar-refractivity contribution >= 4 is 59.3 Å². The van der Waals surface area contributed by atoms with Crippen molar-refractivity contribution in [3.63, 3.8) is 0 Å². The molecule has 0 radical (unpaired) electrons. The molecule has 0 saturated carbocycles. The normalized spacial score (nSPS) is 18.2. The first-order chi connectivity index (χ1) is 19.9. The second kappa shape index (κ2) is 7.50. The molecule has 2 atom stereocenters. The van der Waals surface area contributed by atoms with Crippen molar-refractivity contribution in [2.45, 2.75) is 5.92 Å². The zero-order valence-electron chi connectivity index (χ0n) is 21.6. The van der Waals surface area contributed by atoms with Crippen molar-refractivity contribution in [3.05, 3.63) is 133 Å². The van der Waals surface area contributed by atoms with E-state index in [4.69, 9.17) is 0 Å². The number of hydrogen-bond donors (Lipinski definition) is 0. The number of hydrogen-bond acceptors (Lipinski definition) is 1. The Hall–Kier alpha value is -4.66. The first kappa shape index (κ1) is 21.2. The number of benzene rings is 5. The van der Waals surface area contributed by atoms with Gasteiger partial charge in [0, 0.05) is 42.8 Å². The van der Waals surface area contributed by atoms with Crippen LogP contribution in [-0.2, 0) is 0 Å². The Morgan fingerprint density at radius 2 is 1.35 bits per heavy atom. The fourth-order valence-corrected chi connectivity index (χ4v) is 8.91.